The molecule has 1 aliphatic heterocycles. The van der Waals surface area contributed by atoms with Crippen LogP contribution in [0.25, 0.3) is 28.1 Å². The third-order valence-corrected chi connectivity index (χ3v) is 10.3. The zero-order chi connectivity index (χ0) is 41.2. The van der Waals surface area contributed by atoms with E-state index in [1.807, 2.05) is 51.9 Å². The Morgan fingerprint density at radius 2 is 1.88 bits per heavy atom. The van der Waals surface area contributed by atoms with Gasteiger partial charge in [0.05, 0.1) is 24.4 Å². The van der Waals surface area contributed by atoms with E-state index in [4.69, 9.17) is 9.47 Å². The second-order valence-corrected chi connectivity index (χ2v) is 16.0. The number of carbonyl (C=O) groups is 3. The SMILES string of the molecule is C=CC=N/C(=C/c1c(CC(C)(C)COC=O)c2cc(-c3cc(O)cc(CC(NC(=O)C(C(C)C)N(C)C)C(=O)N4CCCCN4)c3)ccc2n1CC)C(C)OC. The summed E-state index contributed by atoms with van der Waals surface area (Å²) in [4.78, 5) is 45.4. The summed E-state index contributed by atoms with van der Waals surface area (Å²) in [5, 5.41) is 16.8. The van der Waals surface area contributed by atoms with Crippen molar-refractivity contribution in [2.75, 3.05) is 40.9 Å². The molecular weight excluding hydrogens is 709 g/mol. The maximum absolute atomic E-state index is 14.0. The van der Waals surface area contributed by atoms with Crippen LogP contribution in [0.3, 0.4) is 0 Å². The van der Waals surface area contributed by atoms with Crippen LogP contribution in [0, 0.1) is 11.3 Å². The lowest BCUT2D eigenvalue weighted by molar-refractivity contribution is -0.141. The van der Waals surface area contributed by atoms with Gasteiger partial charge in [0.1, 0.15) is 11.8 Å². The van der Waals surface area contributed by atoms with Crippen molar-refractivity contribution in [1.82, 2.24) is 25.2 Å². The Labute approximate surface area is 332 Å². The molecule has 3 unspecified atom stereocenters. The minimum atomic E-state index is -0.853. The lowest BCUT2D eigenvalue weighted by atomic mass is 9.85. The number of fused-ring (bicyclic) bond motifs is 1. The Hall–Kier alpha value is -4.78. The molecule has 1 saturated heterocycles. The second kappa shape index (κ2) is 19.9. The normalized spacial score (nSPS) is 15.7. The summed E-state index contributed by atoms with van der Waals surface area (Å²) in [6.07, 6.45) is 7.66. The summed E-state index contributed by atoms with van der Waals surface area (Å²) in [5.74, 6) is -0.348. The van der Waals surface area contributed by atoms with Gasteiger partial charge >= 0.3 is 0 Å². The fourth-order valence-electron chi connectivity index (χ4n) is 7.61. The van der Waals surface area contributed by atoms with E-state index in [-0.39, 0.29) is 42.6 Å². The number of hydrazine groups is 1. The van der Waals surface area contributed by atoms with Crippen molar-refractivity contribution in [1.29, 1.82) is 0 Å². The van der Waals surface area contributed by atoms with Crippen molar-refractivity contribution in [2.24, 2.45) is 16.3 Å². The minimum absolute atomic E-state index is 0.0255. The predicted molar refractivity (Wildman–Crippen MR) is 224 cm³/mol. The van der Waals surface area contributed by atoms with Gasteiger partial charge in [-0.1, -0.05) is 52.5 Å². The predicted octanol–water partition coefficient (Wildman–Crippen LogP) is 6.15. The van der Waals surface area contributed by atoms with Crippen molar-refractivity contribution in [3.8, 4) is 16.9 Å². The lowest BCUT2D eigenvalue weighted by Gasteiger charge is -2.33. The monoisotopic (exact) mass is 770 g/mol. The van der Waals surface area contributed by atoms with Crippen LogP contribution in [-0.4, -0.2) is 103 Å². The van der Waals surface area contributed by atoms with E-state index in [9.17, 15) is 19.5 Å². The number of methoxy groups -OCH3 is 1. The van der Waals surface area contributed by atoms with E-state index in [1.165, 1.54) is 0 Å². The number of amides is 2. The molecule has 12 nitrogen and oxygen atoms in total. The van der Waals surface area contributed by atoms with Crippen LogP contribution in [-0.2, 0) is 43.2 Å². The molecule has 2 aromatic carbocycles. The second-order valence-electron chi connectivity index (χ2n) is 16.0. The molecule has 1 aliphatic rings. The molecule has 4 rings (SSSR count). The standard InChI is InChI=1S/C44H62N6O6/c1-11-17-45-37(30(5)55-10)25-40-36(26-44(6,7)27-56-28-51)35-24-32(15-16-39(35)49(40)12-2)33-20-31(21-34(52)23-33)22-38(43(54)50-19-14-13-18-46-50)47-42(53)41(29(3)4)48(8)9/h11,15-17,20-21,23-25,28-30,38,41,46,52H,1,12-14,18-19,22,26-27H2,2-10H3,(H,47,53)/b37-25+,45-17?. The number of phenolic OH excluding ortho intramolecular Hbond substituents is 1. The fraction of sp³-hybridized carbons (Fsp3) is 0.500. The van der Waals surface area contributed by atoms with Crippen LogP contribution >= 0.6 is 0 Å². The summed E-state index contributed by atoms with van der Waals surface area (Å²) in [6.45, 7) is 18.6. The van der Waals surface area contributed by atoms with Gasteiger partial charge in [0.25, 0.3) is 12.4 Å². The number of aryl methyl sites for hydroxylation is 1. The molecular formula is C44H62N6O6. The number of aromatic nitrogens is 1. The number of rotatable bonds is 19. The largest absolute Gasteiger partial charge is 0.508 e. The number of benzene rings is 2. The highest BCUT2D eigenvalue weighted by molar-refractivity contribution is 5.93. The molecule has 304 valence electrons. The Morgan fingerprint density at radius 1 is 1.12 bits per heavy atom. The number of likely N-dealkylation sites (N-methyl/N-ethyl adjacent to an activating group) is 1. The highest BCUT2D eigenvalue weighted by atomic mass is 16.5. The number of hydrogen-bond donors (Lipinski definition) is 3. The molecule has 0 spiro atoms. The number of nitrogens with one attached hydrogen (secondary N) is 2. The van der Waals surface area contributed by atoms with E-state index in [0.29, 0.717) is 38.1 Å². The molecule has 0 bridgehead atoms. The first-order valence-corrected chi connectivity index (χ1v) is 19.6. The van der Waals surface area contributed by atoms with Crippen molar-refractivity contribution < 1.29 is 29.0 Å². The van der Waals surface area contributed by atoms with Crippen LogP contribution < -0.4 is 10.7 Å². The Bertz CT molecular complexity index is 1900. The summed E-state index contributed by atoms with van der Waals surface area (Å²) >= 11 is 0. The van der Waals surface area contributed by atoms with E-state index in [0.717, 1.165) is 51.8 Å². The van der Waals surface area contributed by atoms with Crippen LogP contribution in [0.15, 0.2) is 59.7 Å². The molecule has 3 N–H and O–H groups in total. The zero-order valence-electron chi connectivity index (χ0n) is 34.7. The number of aromatic hydroxyl groups is 1. The Kier molecular flexibility index (Phi) is 15.6. The Morgan fingerprint density at radius 3 is 2.48 bits per heavy atom. The van der Waals surface area contributed by atoms with Gasteiger partial charge in [0.2, 0.25) is 5.91 Å². The highest BCUT2D eigenvalue weighted by Gasteiger charge is 2.32. The molecule has 2 amide bonds. The van der Waals surface area contributed by atoms with Crippen LogP contribution in [0.4, 0.5) is 0 Å². The van der Waals surface area contributed by atoms with Gasteiger partial charge in [0.15, 0.2) is 0 Å². The van der Waals surface area contributed by atoms with Gasteiger partial charge < -0.3 is 24.5 Å². The number of ether oxygens (including phenoxy) is 2. The molecule has 2 heterocycles. The number of allylic oxidation sites excluding steroid dienone is 1. The molecule has 0 saturated carbocycles. The van der Waals surface area contributed by atoms with Crippen LogP contribution in [0.1, 0.15) is 71.2 Å². The van der Waals surface area contributed by atoms with Gasteiger partial charge in [-0.25, -0.2) is 5.43 Å². The molecule has 1 aromatic heterocycles. The maximum Gasteiger partial charge on any atom is 0.293 e. The number of nitrogens with zero attached hydrogens (tertiary/aromatic N) is 4. The summed E-state index contributed by atoms with van der Waals surface area (Å²) < 4.78 is 13.2. The average Bonchev–Trinajstić information content (AvgIpc) is 3.44. The number of phenols is 1. The zero-order valence-corrected chi connectivity index (χ0v) is 34.7. The first kappa shape index (κ1) is 43.9. The van der Waals surface area contributed by atoms with E-state index in [1.54, 1.807) is 36.5 Å². The third-order valence-electron chi connectivity index (χ3n) is 10.3. The van der Waals surface area contributed by atoms with Gasteiger partial charge in [0, 0.05) is 61.4 Å². The first-order valence-electron chi connectivity index (χ1n) is 19.6. The average molecular weight is 771 g/mol. The van der Waals surface area contributed by atoms with Crippen molar-refractivity contribution in [3.63, 3.8) is 0 Å². The van der Waals surface area contributed by atoms with Gasteiger partial charge in [-0.15, -0.1) is 0 Å². The number of aliphatic imine (C=N–C) groups is 1. The van der Waals surface area contributed by atoms with Crippen LogP contribution in [0.5, 0.6) is 5.75 Å². The quantitative estimate of drug-likeness (QED) is 0.0976. The highest BCUT2D eigenvalue weighted by Crippen LogP contribution is 2.37. The van der Waals surface area contributed by atoms with Gasteiger partial charge in [-0.05, 0) is 106 Å². The molecule has 12 heteroatoms. The Balaban J connectivity index is 1.85. The summed E-state index contributed by atoms with van der Waals surface area (Å²) in [7, 11) is 5.37. The molecule has 0 radical (unpaired) electrons. The third kappa shape index (κ3) is 11.0. The molecule has 1 fully saturated rings. The maximum atomic E-state index is 14.0. The smallest absolute Gasteiger partial charge is 0.293 e. The van der Waals surface area contributed by atoms with E-state index < -0.39 is 17.5 Å². The summed E-state index contributed by atoms with van der Waals surface area (Å²) in [5.41, 5.74) is 8.91. The van der Waals surface area contributed by atoms with Gasteiger partial charge in [-0.2, -0.15) is 0 Å². The van der Waals surface area contributed by atoms with E-state index >= 15 is 0 Å². The molecule has 3 aromatic rings. The summed E-state index contributed by atoms with van der Waals surface area (Å²) in [6, 6.07) is 10.3. The molecule has 0 aliphatic carbocycles. The van der Waals surface area contributed by atoms with E-state index in [2.05, 4.69) is 65.9 Å². The van der Waals surface area contributed by atoms with Crippen molar-refractivity contribution >= 4 is 41.5 Å². The topological polar surface area (TPSA) is 138 Å². The van der Waals surface area contributed by atoms with Crippen molar-refractivity contribution in [3.05, 3.63) is 71.6 Å². The minimum Gasteiger partial charge on any atom is -0.508 e. The number of carbonyl (C=O) groups excluding carboxylic acids is 3. The first-order chi connectivity index (χ1) is 26.6. The van der Waals surface area contributed by atoms with Crippen LogP contribution in [0.2, 0.25) is 0 Å². The molecule has 3 atom stereocenters. The molecule has 56 heavy (non-hydrogen) atoms. The fourth-order valence-corrected chi connectivity index (χ4v) is 7.61. The lowest BCUT2D eigenvalue weighted by Crippen LogP contribution is -2.58. The van der Waals surface area contributed by atoms with Gasteiger partial charge in [-0.3, -0.25) is 29.3 Å². The number of hydrogen-bond acceptors (Lipinski definition) is 9. The van der Waals surface area contributed by atoms with Crippen molar-refractivity contribution in [2.45, 2.75) is 92.0 Å².